The molecule has 0 radical (unpaired) electrons. The van der Waals surface area contributed by atoms with E-state index in [-0.39, 0.29) is 18.5 Å². The summed E-state index contributed by atoms with van der Waals surface area (Å²) >= 11 is 0. The summed E-state index contributed by atoms with van der Waals surface area (Å²) in [6.45, 7) is 0.221. The van der Waals surface area contributed by atoms with Crippen LogP contribution in [0.4, 0.5) is 0 Å². The van der Waals surface area contributed by atoms with Crippen molar-refractivity contribution < 1.29 is 18.3 Å². The first kappa shape index (κ1) is 12.8. The van der Waals surface area contributed by atoms with Crippen LogP contribution in [0.2, 0.25) is 0 Å². The van der Waals surface area contributed by atoms with Crippen LogP contribution in [0, 0.1) is 11.8 Å². The van der Waals surface area contributed by atoms with Crippen molar-refractivity contribution in [2.24, 2.45) is 11.8 Å². The molecule has 2 saturated carbocycles. The highest BCUT2D eigenvalue weighted by Crippen LogP contribution is 2.31. The molecule has 2 rings (SSSR count). The molecule has 2 atom stereocenters. The van der Waals surface area contributed by atoms with E-state index in [1.54, 1.807) is 0 Å². The minimum absolute atomic E-state index is 0.0753. The molecular weight excluding hydrogens is 244 g/mol. The van der Waals surface area contributed by atoms with Crippen molar-refractivity contribution in [3.05, 3.63) is 0 Å². The summed E-state index contributed by atoms with van der Waals surface area (Å²) in [6, 6.07) is 0.0753. The van der Waals surface area contributed by atoms with Gasteiger partial charge in [0.05, 0.1) is 5.92 Å². The van der Waals surface area contributed by atoms with Crippen molar-refractivity contribution in [2.75, 3.05) is 6.54 Å². The summed E-state index contributed by atoms with van der Waals surface area (Å²) in [7, 11) is -3.45. The van der Waals surface area contributed by atoms with Crippen molar-refractivity contribution in [2.45, 2.75) is 38.1 Å². The highest BCUT2D eigenvalue weighted by atomic mass is 32.2. The Kier molecular flexibility index (Phi) is 3.70. The Balaban J connectivity index is 1.82. The fourth-order valence-corrected chi connectivity index (χ4v) is 3.48. The standard InChI is InChI=1S/C10H18N2O4S/c13-10(14)9-3-1-2-7(9)6-11-17(15,16)12-8-4-5-8/h7-9,11-12H,1-6H2,(H,13,14). The van der Waals surface area contributed by atoms with E-state index in [2.05, 4.69) is 9.44 Å². The first-order chi connectivity index (χ1) is 7.98. The minimum atomic E-state index is -3.45. The van der Waals surface area contributed by atoms with Gasteiger partial charge >= 0.3 is 5.97 Å². The number of carboxylic acids is 1. The zero-order valence-corrected chi connectivity index (χ0v) is 10.4. The molecule has 6 nitrogen and oxygen atoms in total. The molecule has 0 heterocycles. The average Bonchev–Trinajstić information content (AvgIpc) is 2.90. The lowest BCUT2D eigenvalue weighted by atomic mass is 9.97. The van der Waals surface area contributed by atoms with E-state index in [1.807, 2.05) is 0 Å². The molecule has 0 saturated heterocycles. The molecule has 98 valence electrons. The molecule has 17 heavy (non-hydrogen) atoms. The summed E-state index contributed by atoms with van der Waals surface area (Å²) < 4.78 is 28.1. The largest absolute Gasteiger partial charge is 0.481 e. The van der Waals surface area contributed by atoms with Gasteiger partial charge in [0.25, 0.3) is 10.2 Å². The third-order valence-corrected chi connectivity index (χ3v) is 4.60. The number of hydrogen-bond donors (Lipinski definition) is 3. The lowest BCUT2D eigenvalue weighted by Crippen LogP contribution is -2.41. The predicted octanol–water partition coefficient (Wildman–Crippen LogP) is 0.0737. The molecular formula is C10H18N2O4S. The third kappa shape index (κ3) is 3.65. The van der Waals surface area contributed by atoms with Gasteiger partial charge in [0.15, 0.2) is 0 Å². The molecule has 0 spiro atoms. The van der Waals surface area contributed by atoms with Gasteiger partial charge in [-0.3, -0.25) is 4.79 Å². The number of carbonyl (C=O) groups is 1. The Morgan fingerprint density at radius 1 is 1.24 bits per heavy atom. The number of aliphatic carboxylic acids is 1. The summed E-state index contributed by atoms with van der Waals surface area (Å²) in [5, 5.41) is 8.98. The smallest absolute Gasteiger partial charge is 0.306 e. The van der Waals surface area contributed by atoms with Gasteiger partial charge in [-0.25, -0.2) is 4.72 Å². The van der Waals surface area contributed by atoms with Gasteiger partial charge in [-0.1, -0.05) is 6.42 Å². The molecule has 2 fully saturated rings. The van der Waals surface area contributed by atoms with Crippen LogP contribution in [-0.4, -0.2) is 32.1 Å². The zero-order chi connectivity index (χ0) is 12.5. The van der Waals surface area contributed by atoms with Gasteiger partial charge in [-0.05, 0) is 31.6 Å². The average molecular weight is 262 g/mol. The topological polar surface area (TPSA) is 95.5 Å². The highest BCUT2D eigenvalue weighted by molar-refractivity contribution is 7.87. The second-order valence-corrected chi connectivity index (χ2v) is 6.41. The van der Waals surface area contributed by atoms with E-state index < -0.39 is 22.1 Å². The Bertz CT molecular complexity index is 391. The maximum atomic E-state index is 11.5. The molecule has 0 aromatic heterocycles. The Labute approximate surface area is 101 Å². The summed E-state index contributed by atoms with van der Waals surface area (Å²) in [4.78, 5) is 10.9. The molecule has 0 aromatic carbocycles. The van der Waals surface area contributed by atoms with E-state index >= 15 is 0 Å². The van der Waals surface area contributed by atoms with Gasteiger partial charge in [-0.2, -0.15) is 13.1 Å². The van der Waals surface area contributed by atoms with E-state index in [9.17, 15) is 13.2 Å². The van der Waals surface area contributed by atoms with Gasteiger partial charge in [-0.15, -0.1) is 0 Å². The van der Waals surface area contributed by atoms with Crippen molar-refractivity contribution in [1.82, 2.24) is 9.44 Å². The van der Waals surface area contributed by atoms with Crippen LogP contribution in [0.5, 0.6) is 0 Å². The quantitative estimate of drug-likeness (QED) is 0.631. The van der Waals surface area contributed by atoms with Crippen LogP contribution in [0.3, 0.4) is 0 Å². The number of nitrogens with one attached hydrogen (secondary N) is 2. The minimum Gasteiger partial charge on any atom is -0.481 e. The van der Waals surface area contributed by atoms with Gasteiger partial charge in [0, 0.05) is 12.6 Å². The van der Waals surface area contributed by atoms with E-state index in [0.29, 0.717) is 6.42 Å². The molecule has 3 N–H and O–H groups in total. The highest BCUT2D eigenvalue weighted by Gasteiger charge is 2.34. The first-order valence-corrected chi connectivity index (χ1v) is 7.46. The second kappa shape index (κ2) is 4.91. The molecule has 7 heteroatoms. The number of rotatable bonds is 6. The summed E-state index contributed by atoms with van der Waals surface area (Å²) in [6.07, 6.45) is 4.07. The Hall–Kier alpha value is -0.660. The van der Waals surface area contributed by atoms with Crippen molar-refractivity contribution in [1.29, 1.82) is 0 Å². The summed E-state index contributed by atoms with van der Waals surface area (Å²) in [5.74, 6) is -1.30. The van der Waals surface area contributed by atoms with E-state index in [1.165, 1.54) is 0 Å². The first-order valence-electron chi connectivity index (χ1n) is 5.97. The lowest BCUT2D eigenvalue weighted by molar-refractivity contribution is -0.142. The molecule has 2 unspecified atom stereocenters. The lowest BCUT2D eigenvalue weighted by Gasteiger charge is -2.16. The van der Waals surface area contributed by atoms with Crippen molar-refractivity contribution in [3.8, 4) is 0 Å². The van der Waals surface area contributed by atoms with Gasteiger partial charge < -0.3 is 5.11 Å². The van der Waals surface area contributed by atoms with Crippen molar-refractivity contribution in [3.63, 3.8) is 0 Å². The monoisotopic (exact) mass is 262 g/mol. The van der Waals surface area contributed by atoms with Gasteiger partial charge in [0.1, 0.15) is 0 Å². The molecule has 0 amide bonds. The molecule has 0 aliphatic heterocycles. The van der Waals surface area contributed by atoms with Gasteiger partial charge in [0.2, 0.25) is 0 Å². The summed E-state index contributed by atoms with van der Waals surface area (Å²) in [5.41, 5.74) is 0. The van der Waals surface area contributed by atoms with Crippen LogP contribution < -0.4 is 9.44 Å². The van der Waals surface area contributed by atoms with Crippen LogP contribution in [0.15, 0.2) is 0 Å². The maximum Gasteiger partial charge on any atom is 0.306 e. The number of hydrogen-bond acceptors (Lipinski definition) is 3. The van der Waals surface area contributed by atoms with E-state index in [0.717, 1.165) is 25.7 Å². The van der Waals surface area contributed by atoms with Crippen LogP contribution in [0.1, 0.15) is 32.1 Å². The molecule has 2 aliphatic rings. The third-order valence-electron chi connectivity index (χ3n) is 3.41. The zero-order valence-electron chi connectivity index (χ0n) is 9.55. The predicted molar refractivity (Wildman–Crippen MR) is 61.5 cm³/mol. The van der Waals surface area contributed by atoms with Crippen LogP contribution >= 0.6 is 0 Å². The second-order valence-electron chi connectivity index (χ2n) is 4.88. The molecule has 2 aliphatic carbocycles. The SMILES string of the molecule is O=C(O)C1CCCC1CNS(=O)(=O)NC1CC1. The van der Waals surface area contributed by atoms with Crippen LogP contribution in [-0.2, 0) is 15.0 Å². The Morgan fingerprint density at radius 2 is 1.94 bits per heavy atom. The maximum absolute atomic E-state index is 11.5. The van der Waals surface area contributed by atoms with Crippen molar-refractivity contribution >= 4 is 16.2 Å². The fourth-order valence-electron chi connectivity index (χ4n) is 2.29. The normalized spacial score (nSPS) is 29.4. The fraction of sp³-hybridized carbons (Fsp3) is 0.900. The molecule has 0 bridgehead atoms. The molecule has 0 aromatic rings. The van der Waals surface area contributed by atoms with E-state index in [4.69, 9.17) is 5.11 Å². The Morgan fingerprint density at radius 3 is 2.53 bits per heavy atom. The number of carboxylic acid groups (broad SMARTS) is 1. The van der Waals surface area contributed by atoms with Crippen LogP contribution in [0.25, 0.3) is 0 Å².